The number of hydrogen-bond acceptors (Lipinski definition) is 1. The molecule has 5 heteroatoms. The molecule has 0 saturated carbocycles. The molecule has 1 unspecified atom stereocenters. The summed E-state index contributed by atoms with van der Waals surface area (Å²) in [5, 5.41) is -0.378. The van der Waals surface area contributed by atoms with Crippen LogP contribution in [0.15, 0.2) is 42.5 Å². The lowest BCUT2D eigenvalue weighted by atomic mass is 10.0. The summed E-state index contributed by atoms with van der Waals surface area (Å²) < 4.78 is 13.2. The van der Waals surface area contributed by atoms with Crippen molar-refractivity contribution < 1.29 is 4.39 Å². The molecule has 3 rings (SSSR count). The average molecular weight is 311 g/mol. The van der Waals surface area contributed by atoms with E-state index >= 15 is 0 Å². The molecule has 0 amide bonds. The number of fused-ring (bicyclic) bond motifs is 1. The first-order valence-electron chi connectivity index (χ1n) is 5.99. The second-order valence-electron chi connectivity index (χ2n) is 4.52. The lowest BCUT2D eigenvalue weighted by Crippen LogP contribution is -1.94. The molecule has 1 N–H and O–H groups in total. The number of aromatic amines is 1. The lowest BCUT2D eigenvalue weighted by Gasteiger charge is -2.10. The van der Waals surface area contributed by atoms with E-state index in [1.54, 1.807) is 6.07 Å². The number of aryl methyl sites for hydroxylation is 1. The Morgan fingerprint density at radius 3 is 2.65 bits per heavy atom. The molecule has 0 fully saturated rings. The van der Waals surface area contributed by atoms with Gasteiger partial charge in [-0.3, -0.25) is 0 Å². The average Bonchev–Trinajstić information content (AvgIpc) is 2.76. The van der Waals surface area contributed by atoms with Gasteiger partial charge in [-0.05, 0) is 42.3 Å². The van der Waals surface area contributed by atoms with E-state index in [0.29, 0.717) is 0 Å². The third kappa shape index (κ3) is 2.79. The van der Waals surface area contributed by atoms with Gasteiger partial charge in [0.25, 0.3) is 0 Å². The number of rotatable bonds is 2. The second kappa shape index (κ2) is 5.81. The number of imidazole rings is 1. The molecule has 1 aromatic heterocycles. The van der Waals surface area contributed by atoms with E-state index < -0.39 is 0 Å². The van der Waals surface area contributed by atoms with Crippen molar-refractivity contribution in [1.82, 2.24) is 9.97 Å². The minimum Gasteiger partial charge on any atom is -0.342 e. The van der Waals surface area contributed by atoms with Crippen molar-refractivity contribution in [2.24, 2.45) is 0 Å². The molecule has 0 bridgehead atoms. The van der Waals surface area contributed by atoms with E-state index in [1.807, 2.05) is 31.2 Å². The van der Waals surface area contributed by atoms with Gasteiger partial charge in [0.15, 0.2) is 0 Å². The van der Waals surface area contributed by atoms with Crippen molar-refractivity contribution in [2.45, 2.75) is 12.3 Å². The molecular weight excluding hydrogens is 298 g/mol. The van der Waals surface area contributed by atoms with Crippen LogP contribution in [0.4, 0.5) is 4.39 Å². The van der Waals surface area contributed by atoms with Crippen LogP contribution in [0, 0.1) is 12.7 Å². The van der Waals surface area contributed by atoms with Crippen LogP contribution in [0.2, 0.25) is 0 Å². The summed E-state index contributed by atoms with van der Waals surface area (Å²) in [6.45, 7) is 1.91. The van der Waals surface area contributed by atoms with Gasteiger partial charge >= 0.3 is 0 Å². The number of halogens is 3. The van der Waals surface area contributed by atoms with Gasteiger partial charge in [0, 0.05) is 0 Å². The predicted molar refractivity (Wildman–Crippen MR) is 82.2 cm³/mol. The zero-order valence-electron chi connectivity index (χ0n) is 10.7. The zero-order chi connectivity index (χ0) is 13.4. The summed E-state index contributed by atoms with van der Waals surface area (Å²) in [6.07, 6.45) is 0. The molecule has 2 nitrogen and oxygen atoms in total. The predicted octanol–water partition coefficient (Wildman–Crippen LogP) is 4.76. The number of alkyl halides is 1. The van der Waals surface area contributed by atoms with Gasteiger partial charge in [-0.1, -0.05) is 18.2 Å². The molecule has 0 aliphatic rings. The maximum atomic E-state index is 13.2. The Morgan fingerprint density at radius 1 is 1.15 bits per heavy atom. The van der Waals surface area contributed by atoms with E-state index in [-0.39, 0.29) is 23.6 Å². The van der Waals surface area contributed by atoms with Crippen LogP contribution in [-0.2, 0) is 0 Å². The Morgan fingerprint density at radius 2 is 1.90 bits per heavy atom. The topological polar surface area (TPSA) is 28.7 Å². The van der Waals surface area contributed by atoms with Gasteiger partial charge in [0.1, 0.15) is 11.6 Å². The van der Waals surface area contributed by atoms with Crippen molar-refractivity contribution >= 4 is 35.0 Å². The minimum atomic E-state index is -0.378. The molecule has 1 heterocycles. The zero-order valence-corrected chi connectivity index (χ0v) is 12.3. The smallest absolute Gasteiger partial charge is 0.123 e. The van der Waals surface area contributed by atoms with E-state index in [9.17, 15) is 4.39 Å². The number of H-pyrrole nitrogens is 1. The Labute approximate surface area is 127 Å². The standard InChI is InChI=1S/C15H12ClFN2.ClH/c1-9-18-13-6-5-11(8-14(13)19-9)15(16)10-3-2-4-12(17)7-10;/h2-8,15H,1H3,(H,18,19);1H. The van der Waals surface area contributed by atoms with Crippen LogP contribution < -0.4 is 0 Å². The number of aromatic nitrogens is 2. The summed E-state index contributed by atoms with van der Waals surface area (Å²) in [5.74, 6) is 0.587. The highest BCUT2D eigenvalue weighted by molar-refractivity contribution is 6.22. The molecule has 0 radical (unpaired) electrons. The van der Waals surface area contributed by atoms with Gasteiger partial charge in [0.2, 0.25) is 0 Å². The molecule has 2 aromatic carbocycles. The first kappa shape index (κ1) is 14.8. The number of hydrogen-bond donors (Lipinski definition) is 1. The SMILES string of the molecule is Cc1nc2cc(C(Cl)c3cccc(F)c3)ccc2[nH]1.Cl. The number of nitrogens with one attached hydrogen (secondary N) is 1. The summed E-state index contributed by atoms with van der Waals surface area (Å²) >= 11 is 6.41. The van der Waals surface area contributed by atoms with Crippen LogP contribution in [0.1, 0.15) is 22.3 Å². The molecule has 0 aliphatic carbocycles. The monoisotopic (exact) mass is 310 g/mol. The number of nitrogens with zero attached hydrogens (tertiary/aromatic N) is 1. The minimum absolute atomic E-state index is 0. The Hall–Kier alpha value is -1.58. The largest absolute Gasteiger partial charge is 0.342 e. The fourth-order valence-corrected chi connectivity index (χ4v) is 2.44. The third-order valence-electron chi connectivity index (χ3n) is 3.06. The highest BCUT2D eigenvalue weighted by Crippen LogP contribution is 2.30. The fourth-order valence-electron chi connectivity index (χ4n) is 2.16. The van der Waals surface area contributed by atoms with Crippen molar-refractivity contribution in [3.05, 3.63) is 65.2 Å². The van der Waals surface area contributed by atoms with Crippen LogP contribution in [-0.4, -0.2) is 9.97 Å². The highest BCUT2D eigenvalue weighted by Gasteiger charge is 2.12. The quantitative estimate of drug-likeness (QED) is 0.679. The van der Waals surface area contributed by atoms with Gasteiger partial charge < -0.3 is 4.98 Å². The van der Waals surface area contributed by atoms with Gasteiger partial charge in [-0.15, -0.1) is 24.0 Å². The Balaban J connectivity index is 0.00000147. The second-order valence-corrected chi connectivity index (χ2v) is 4.95. The van der Waals surface area contributed by atoms with E-state index in [0.717, 1.165) is 28.0 Å². The van der Waals surface area contributed by atoms with Gasteiger partial charge in [0.05, 0.1) is 16.4 Å². The third-order valence-corrected chi connectivity index (χ3v) is 3.56. The lowest BCUT2D eigenvalue weighted by molar-refractivity contribution is 0.626. The maximum Gasteiger partial charge on any atom is 0.123 e. The van der Waals surface area contributed by atoms with Crippen molar-refractivity contribution in [1.29, 1.82) is 0 Å². The van der Waals surface area contributed by atoms with Crippen molar-refractivity contribution in [3.8, 4) is 0 Å². The summed E-state index contributed by atoms with van der Waals surface area (Å²) in [4.78, 5) is 7.54. The van der Waals surface area contributed by atoms with E-state index in [1.165, 1.54) is 12.1 Å². The maximum absolute atomic E-state index is 13.2. The van der Waals surface area contributed by atoms with Crippen molar-refractivity contribution in [3.63, 3.8) is 0 Å². The van der Waals surface area contributed by atoms with Gasteiger partial charge in [-0.2, -0.15) is 0 Å². The first-order chi connectivity index (χ1) is 9.13. The normalized spacial score (nSPS) is 12.2. The molecule has 104 valence electrons. The molecule has 20 heavy (non-hydrogen) atoms. The van der Waals surface area contributed by atoms with Crippen molar-refractivity contribution in [2.75, 3.05) is 0 Å². The van der Waals surface area contributed by atoms with E-state index in [4.69, 9.17) is 11.6 Å². The van der Waals surface area contributed by atoms with Gasteiger partial charge in [-0.25, -0.2) is 9.37 Å². The van der Waals surface area contributed by atoms with Crippen LogP contribution in [0.5, 0.6) is 0 Å². The molecule has 3 aromatic rings. The van der Waals surface area contributed by atoms with Crippen LogP contribution in [0.3, 0.4) is 0 Å². The molecule has 0 aliphatic heterocycles. The number of benzene rings is 2. The fraction of sp³-hybridized carbons (Fsp3) is 0.133. The summed E-state index contributed by atoms with van der Waals surface area (Å²) in [6, 6.07) is 12.2. The molecule has 1 atom stereocenters. The van der Waals surface area contributed by atoms with Crippen LogP contribution >= 0.6 is 24.0 Å². The molecule has 0 saturated heterocycles. The van der Waals surface area contributed by atoms with Crippen LogP contribution in [0.25, 0.3) is 11.0 Å². The Bertz CT molecular complexity index is 740. The van der Waals surface area contributed by atoms with E-state index in [2.05, 4.69) is 9.97 Å². The molecule has 0 spiro atoms. The molecular formula is C15H13Cl2FN2. The summed E-state index contributed by atoms with van der Waals surface area (Å²) in [5.41, 5.74) is 3.50. The first-order valence-corrected chi connectivity index (χ1v) is 6.43. The Kier molecular flexibility index (Phi) is 4.31. The summed E-state index contributed by atoms with van der Waals surface area (Å²) in [7, 11) is 0. The highest BCUT2D eigenvalue weighted by atomic mass is 35.5.